The van der Waals surface area contributed by atoms with Crippen molar-refractivity contribution in [3.05, 3.63) is 115 Å². The van der Waals surface area contributed by atoms with Gasteiger partial charge in [0.05, 0.1) is 0 Å². The van der Waals surface area contributed by atoms with Gasteiger partial charge in [0.1, 0.15) is 11.5 Å². The second-order valence-electron chi connectivity index (χ2n) is 8.22. The van der Waals surface area contributed by atoms with Crippen molar-refractivity contribution in [3.63, 3.8) is 0 Å². The summed E-state index contributed by atoms with van der Waals surface area (Å²) in [5.41, 5.74) is 4.42. The van der Waals surface area contributed by atoms with E-state index in [1.54, 1.807) is 12.4 Å². The minimum absolute atomic E-state index is 0.598. The van der Waals surface area contributed by atoms with Gasteiger partial charge in [-0.1, -0.05) is 54.6 Å². The van der Waals surface area contributed by atoms with Gasteiger partial charge in [-0.25, -0.2) is 9.97 Å². The number of allylic oxidation sites excluding steroid dienone is 1. The molecule has 0 fully saturated rings. The van der Waals surface area contributed by atoms with Crippen LogP contribution in [0.1, 0.15) is 17.5 Å². The lowest BCUT2D eigenvalue weighted by molar-refractivity contribution is 0.455. The summed E-state index contributed by atoms with van der Waals surface area (Å²) in [5, 5.41) is 2.08. The second kappa shape index (κ2) is 8.83. The Morgan fingerprint density at radius 3 is 2.18 bits per heavy atom. The molecule has 0 saturated carbocycles. The number of hydrogen-bond acceptors (Lipinski definition) is 4. The summed E-state index contributed by atoms with van der Waals surface area (Å²) >= 11 is 0. The fourth-order valence-corrected chi connectivity index (χ4v) is 4.30. The molecular weight excluding hydrogens is 420 g/mol. The predicted octanol–water partition coefficient (Wildman–Crippen LogP) is 7.84. The van der Waals surface area contributed by atoms with E-state index >= 15 is 0 Å². The Labute approximate surface area is 198 Å². The lowest BCUT2D eigenvalue weighted by Gasteiger charge is -2.15. The highest BCUT2D eigenvalue weighted by atomic mass is 16.5. The molecule has 0 aliphatic heterocycles. The molecule has 0 unspecified atom stereocenters. The van der Waals surface area contributed by atoms with E-state index in [0.717, 1.165) is 51.8 Å². The van der Waals surface area contributed by atoms with Crippen LogP contribution >= 0.6 is 0 Å². The number of ether oxygens (including phenoxy) is 2. The Balaban J connectivity index is 1.28. The van der Waals surface area contributed by atoms with Crippen molar-refractivity contribution in [1.82, 2.24) is 9.97 Å². The number of rotatable bonds is 5. The van der Waals surface area contributed by atoms with Gasteiger partial charge in [-0.05, 0) is 77.4 Å². The zero-order valence-electron chi connectivity index (χ0n) is 18.5. The van der Waals surface area contributed by atoms with E-state index in [2.05, 4.69) is 40.3 Å². The summed E-state index contributed by atoms with van der Waals surface area (Å²) in [4.78, 5) is 8.94. The Kier molecular flexibility index (Phi) is 5.24. The lowest BCUT2D eigenvalue weighted by Crippen LogP contribution is -2.00. The molecule has 0 bridgehead atoms. The van der Waals surface area contributed by atoms with Crippen LogP contribution in [0.2, 0.25) is 0 Å². The minimum Gasteiger partial charge on any atom is -0.439 e. The van der Waals surface area contributed by atoms with Crippen LogP contribution in [0.4, 0.5) is 0 Å². The number of nitrogens with zero attached hydrogens (tertiary/aromatic N) is 2. The first kappa shape index (κ1) is 20.2. The summed E-state index contributed by atoms with van der Waals surface area (Å²) in [5.74, 6) is 2.77. The first-order valence-corrected chi connectivity index (χ1v) is 11.4. The second-order valence-corrected chi connectivity index (χ2v) is 8.22. The van der Waals surface area contributed by atoms with Crippen LogP contribution in [0.5, 0.6) is 23.3 Å². The van der Waals surface area contributed by atoms with E-state index in [0.29, 0.717) is 11.8 Å². The maximum absolute atomic E-state index is 6.23. The van der Waals surface area contributed by atoms with Crippen molar-refractivity contribution in [1.29, 1.82) is 0 Å². The molecule has 34 heavy (non-hydrogen) atoms. The van der Waals surface area contributed by atoms with Gasteiger partial charge in [0.2, 0.25) is 11.8 Å². The van der Waals surface area contributed by atoms with Crippen LogP contribution in [0.3, 0.4) is 0 Å². The lowest BCUT2D eigenvalue weighted by atomic mass is 9.99. The summed E-state index contributed by atoms with van der Waals surface area (Å²) in [7, 11) is 0. The van der Waals surface area contributed by atoms with Gasteiger partial charge in [-0.2, -0.15) is 0 Å². The van der Waals surface area contributed by atoms with Gasteiger partial charge in [-0.15, -0.1) is 0 Å². The number of pyridine rings is 2. The third-order valence-electron chi connectivity index (χ3n) is 5.98. The highest BCUT2D eigenvalue weighted by Crippen LogP contribution is 2.34. The van der Waals surface area contributed by atoms with Crippen molar-refractivity contribution in [3.8, 4) is 34.4 Å². The molecule has 2 heterocycles. The molecule has 1 aliphatic rings. The van der Waals surface area contributed by atoms with Gasteiger partial charge in [0.25, 0.3) is 0 Å². The molecule has 1 aliphatic carbocycles. The quantitative estimate of drug-likeness (QED) is 0.278. The van der Waals surface area contributed by atoms with Gasteiger partial charge in [-0.3, -0.25) is 0 Å². The Bertz CT molecular complexity index is 1520. The SMILES string of the molecule is C1=Cc2ccnc(Oc3cccc(-c4cccc(Oc5nccc6ccccc56)c4)c3)c2CC1. The van der Waals surface area contributed by atoms with Crippen LogP contribution in [0, 0.1) is 0 Å². The molecule has 0 radical (unpaired) electrons. The van der Waals surface area contributed by atoms with E-state index in [9.17, 15) is 0 Å². The van der Waals surface area contributed by atoms with Gasteiger partial charge in [0, 0.05) is 23.3 Å². The van der Waals surface area contributed by atoms with Crippen LogP contribution in [0.25, 0.3) is 28.0 Å². The number of aromatic nitrogens is 2. The van der Waals surface area contributed by atoms with Crippen molar-refractivity contribution in [2.24, 2.45) is 0 Å². The van der Waals surface area contributed by atoms with Gasteiger partial charge in [0.15, 0.2) is 0 Å². The van der Waals surface area contributed by atoms with E-state index in [1.165, 1.54) is 5.56 Å². The fraction of sp³-hybridized carbons (Fsp3) is 0.0667. The number of fused-ring (bicyclic) bond motifs is 2. The molecule has 2 aromatic heterocycles. The molecule has 4 nitrogen and oxygen atoms in total. The van der Waals surface area contributed by atoms with Gasteiger partial charge >= 0.3 is 0 Å². The first-order valence-electron chi connectivity index (χ1n) is 11.4. The largest absolute Gasteiger partial charge is 0.439 e. The smallest absolute Gasteiger partial charge is 0.227 e. The molecule has 164 valence electrons. The van der Waals surface area contributed by atoms with Crippen molar-refractivity contribution in [2.45, 2.75) is 12.8 Å². The maximum atomic E-state index is 6.23. The molecule has 0 atom stereocenters. The summed E-state index contributed by atoms with van der Waals surface area (Å²) in [6, 6.07) is 28.2. The van der Waals surface area contributed by atoms with Gasteiger partial charge < -0.3 is 9.47 Å². The zero-order valence-corrected chi connectivity index (χ0v) is 18.5. The maximum Gasteiger partial charge on any atom is 0.227 e. The van der Waals surface area contributed by atoms with E-state index in [-0.39, 0.29) is 0 Å². The molecule has 6 rings (SSSR count). The monoisotopic (exact) mass is 442 g/mol. The van der Waals surface area contributed by atoms with Crippen molar-refractivity contribution < 1.29 is 9.47 Å². The third kappa shape index (κ3) is 4.02. The minimum atomic E-state index is 0.598. The van der Waals surface area contributed by atoms with Crippen LogP contribution in [-0.2, 0) is 6.42 Å². The molecule has 5 aromatic rings. The standard InChI is InChI=1S/C30H22N2O2/c1-3-13-27-21(7-1)15-17-31-29(27)33-25-11-5-9-23(19-25)24-10-6-12-26(20-24)34-30-28-14-4-2-8-22(28)16-18-32-30/h1-3,5-13,15-20H,4,14H2. The molecular formula is C30H22N2O2. The van der Waals surface area contributed by atoms with Crippen molar-refractivity contribution >= 4 is 16.8 Å². The highest BCUT2D eigenvalue weighted by molar-refractivity contribution is 5.86. The average Bonchev–Trinajstić information content (AvgIpc) is 2.90. The van der Waals surface area contributed by atoms with E-state index in [1.807, 2.05) is 66.7 Å². The molecule has 0 spiro atoms. The van der Waals surface area contributed by atoms with Crippen LogP contribution < -0.4 is 9.47 Å². The summed E-state index contributed by atoms with van der Waals surface area (Å²) < 4.78 is 12.4. The van der Waals surface area contributed by atoms with Crippen LogP contribution in [-0.4, -0.2) is 9.97 Å². The third-order valence-corrected chi connectivity index (χ3v) is 5.98. The predicted molar refractivity (Wildman–Crippen MR) is 135 cm³/mol. The van der Waals surface area contributed by atoms with E-state index in [4.69, 9.17) is 9.47 Å². The Hall–Kier alpha value is -4.44. The molecule has 3 aromatic carbocycles. The Morgan fingerprint density at radius 1 is 0.647 bits per heavy atom. The molecule has 0 N–H and O–H groups in total. The fourth-order valence-electron chi connectivity index (χ4n) is 4.30. The van der Waals surface area contributed by atoms with E-state index < -0.39 is 0 Å². The summed E-state index contributed by atoms with van der Waals surface area (Å²) in [6.45, 7) is 0. The topological polar surface area (TPSA) is 44.2 Å². The Morgan fingerprint density at radius 2 is 1.35 bits per heavy atom. The van der Waals surface area contributed by atoms with Crippen LogP contribution in [0.15, 0.2) is 103 Å². The number of hydrogen-bond donors (Lipinski definition) is 0. The highest BCUT2D eigenvalue weighted by Gasteiger charge is 2.13. The number of benzene rings is 3. The molecule has 0 amide bonds. The molecule has 0 saturated heterocycles. The van der Waals surface area contributed by atoms with Crippen molar-refractivity contribution in [2.75, 3.05) is 0 Å². The normalized spacial score (nSPS) is 12.4. The summed E-state index contributed by atoms with van der Waals surface area (Å²) in [6.07, 6.45) is 9.85. The first-order chi connectivity index (χ1) is 16.8. The zero-order chi connectivity index (χ0) is 22.7. The average molecular weight is 443 g/mol. The molecule has 4 heteroatoms.